The van der Waals surface area contributed by atoms with Crippen LogP contribution in [0.4, 0.5) is 11.4 Å². The second-order valence-electron chi connectivity index (χ2n) is 7.64. The van der Waals surface area contributed by atoms with Crippen LogP contribution in [0.25, 0.3) is 11.4 Å². The molecule has 0 fully saturated rings. The van der Waals surface area contributed by atoms with Gasteiger partial charge in [0.1, 0.15) is 5.82 Å². The number of hydrogen-bond acceptors (Lipinski definition) is 5. The number of benzene rings is 2. The normalized spacial score (nSPS) is 13.4. The summed E-state index contributed by atoms with van der Waals surface area (Å²) in [5.41, 5.74) is 3.11. The Labute approximate surface area is 174 Å². The van der Waals surface area contributed by atoms with Crippen molar-refractivity contribution in [3.63, 3.8) is 0 Å². The van der Waals surface area contributed by atoms with Crippen LogP contribution in [0.2, 0.25) is 0 Å². The molecule has 8 nitrogen and oxygen atoms in total. The number of nitrogens with zero attached hydrogens (tertiary/aromatic N) is 4. The van der Waals surface area contributed by atoms with E-state index in [1.165, 1.54) is 12.5 Å². The molecule has 0 radical (unpaired) electrons. The highest BCUT2D eigenvalue weighted by molar-refractivity contribution is 6.05. The molecule has 1 aliphatic heterocycles. The second-order valence-corrected chi connectivity index (χ2v) is 7.64. The van der Waals surface area contributed by atoms with Gasteiger partial charge >= 0.3 is 0 Å². The first kappa shape index (κ1) is 19.8. The Bertz CT molecular complexity index is 1140. The lowest BCUT2D eigenvalue weighted by Crippen LogP contribution is -2.13. The maximum atomic E-state index is 12.8. The van der Waals surface area contributed by atoms with Crippen LogP contribution in [-0.4, -0.2) is 25.6 Å². The molecule has 0 atom stereocenters. The Balaban J connectivity index is 1.63. The minimum absolute atomic E-state index is 0.0701. The fourth-order valence-corrected chi connectivity index (χ4v) is 3.74. The molecule has 30 heavy (non-hydrogen) atoms. The van der Waals surface area contributed by atoms with E-state index in [1.54, 1.807) is 19.1 Å². The number of aromatic nitrogens is 3. The third-order valence-corrected chi connectivity index (χ3v) is 5.52. The van der Waals surface area contributed by atoms with Crippen molar-refractivity contribution in [2.75, 3.05) is 5.32 Å². The van der Waals surface area contributed by atoms with E-state index >= 15 is 0 Å². The van der Waals surface area contributed by atoms with Crippen LogP contribution in [0.1, 0.15) is 46.6 Å². The van der Waals surface area contributed by atoms with Gasteiger partial charge in [0.25, 0.3) is 11.6 Å². The van der Waals surface area contributed by atoms with E-state index < -0.39 is 10.8 Å². The fourth-order valence-electron chi connectivity index (χ4n) is 3.74. The van der Waals surface area contributed by atoms with E-state index in [0.717, 1.165) is 48.6 Å². The predicted octanol–water partition coefficient (Wildman–Crippen LogP) is 4.45. The Morgan fingerprint density at radius 1 is 1.07 bits per heavy atom. The zero-order valence-electron chi connectivity index (χ0n) is 17.0. The molecule has 0 unspecified atom stereocenters. The summed E-state index contributed by atoms with van der Waals surface area (Å²) in [5.74, 6) is 1.41. The zero-order chi connectivity index (χ0) is 21.3. The number of rotatable bonds is 4. The molecule has 0 spiro atoms. The first-order chi connectivity index (χ1) is 14.4. The van der Waals surface area contributed by atoms with Crippen LogP contribution in [0.5, 0.6) is 0 Å². The summed E-state index contributed by atoms with van der Waals surface area (Å²) >= 11 is 0. The maximum Gasteiger partial charge on any atom is 0.273 e. The third kappa shape index (κ3) is 3.80. The molecule has 8 heteroatoms. The quantitative estimate of drug-likeness (QED) is 0.510. The number of carbonyl (C=O) groups is 1. The van der Waals surface area contributed by atoms with Crippen molar-refractivity contribution in [2.45, 2.75) is 46.1 Å². The fraction of sp³-hybridized carbons (Fsp3) is 0.318. The number of anilines is 1. The molecule has 1 N–H and O–H groups in total. The standard InChI is InChI=1S/C22H23N5O3/c1-14-7-9-16(21-25-24-20-6-4-3-5-11-26(20)21)12-18(14)23-22(28)17-10-8-15(2)19(13-17)27(29)30/h7-10,12-13H,3-6,11H2,1-2H3,(H,23,28). The molecule has 2 heterocycles. The van der Waals surface area contributed by atoms with E-state index in [0.29, 0.717) is 11.3 Å². The van der Waals surface area contributed by atoms with Crippen LogP contribution in [0.3, 0.4) is 0 Å². The van der Waals surface area contributed by atoms with Gasteiger partial charge in [-0.15, -0.1) is 10.2 Å². The largest absolute Gasteiger partial charge is 0.322 e. The molecule has 2 aromatic carbocycles. The highest BCUT2D eigenvalue weighted by Gasteiger charge is 2.18. The molecule has 154 valence electrons. The lowest BCUT2D eigenvalue weighted by atomic mass is 10.1. The zero-order valence-corrected chi connectivity index (χ0v) is 17.0. The second kappa shape index (κ2) is 8.06. The van der Waals surface area contributed by atoms with Gasteiger partial charge in [-0.3, -0.25) is 14.9 Å². The highest BCUT2D eigenvalue weighted by atomic mass is 16.6. The molecular weight excluding hydrogens is 382 g/mol. The molecule has 3 aromatic rings. The first-order valence-corrected chi connectivity index (χ1v) is 10.0. The average Bonchev–Trinajstić information content (AvgIpc) is 2.97. The summed E-state index contributed by atoms with van der Waals surface area (Å²) in [4.78, 5) is 23.5. The summed E-state index contributed by atoms with van der Waals surface area (Å²) in [5, 5.41) is 22.8. The Morgan fingerprint density at radius 3 is 2.67 bits per heavy atom. The van der Waals surface area contributed by atoms with E-state index in [2.05, 4.69) is 20.1 Å². The third-order valence-electron chi connectivity index (χ3n) is 5.52. The Kier molecular flexibility index (Phi) is 5.31. The number of nitro groups is 1. The number of nitrogens with one attached hydrogen (secondary N) is 1. The van der Waals surface area contributed by atoms with Gasteiger partial charge in [-0.1, -0.05) is 24.6 Å². The molecular formula is C22H23N5O3. The summed E-state index contributed by atoms with van der Waals surface area (Å²) in [6, 6.07) is 10.3. The Hall–Kier alpha value is -3.55. The van der Waals surface area contributed by atoms with Gasteiger partial charge < -0.3 is 9.88 Å². The smallest absolute Gasteiger partial charge is 0.273 e. The first-order valence-electron chi connectivity index (χ1n) is 10.0. The van der Waals surface area contributed by atoms with Gasteiger partial charge in [0, 0.05) is 41.4 Å². The lowest BCUT2D eigenvalue weighted by Gasteiger charge is -2.12. The molecule has 0 saturated carbocycles. The molecule has 0 saturated heterocycles. The number of aryl methyl sites for hydroxylation is 3. The van der Waals surface area contributed by atoms with Crippen LogP contribution in [-0.2, 0) is 13.0 Å². The van der Waals surface area contributed by atoms with Crippen molar-refractivity contribution >= 4 is 17.3 Å². The summed E-state index contributed by atoms with van der Waals surface area (Å²) in [7, 11) is 0. The minimum Gasteiger partial charge on any atom is -0.322 e. The van der Waals surface area contributed by atoms with Gasteiger partial charge in [0.2, 0.25) is 0 Å². The Morgan fingerprint density at radius 2 is 1.87 bits per heavy atom. The van der Waals surface area contributed by atoms with Gasteiger partial charge in [0.15, 0.2) is 5.82 Å². The minimum atomic E-state index is -0.477. The van der Waals surface area contributed by atoms with Crippen LogP contribution in [0, 0.1) is 24.0 Å². The number of hydrogen-bond donors (Lipinski definition) is 1. The summed E-state index contributed by atoms with van der Waals surface area (Å²) in [6.45, 7) is 4.44. The lowest BCUT2D eigenvalue weighted by molar-refractivity contribution is -0.385. The van der Waals surface area contributed by atoms with Gasteiger partial charge in [-0.25, -0.2) is 0 Å². The average molecular weight is 405 g/mol. The molecule has 1 amide bonds. The van der Waals surface area contributed by atoms with E-state index in [9.17, 15) is 14.9 Å². The molecule has 1 aliphatic rings. The number of nitro benzene ring substituents is 1. The van der Waals surface area contributed by atoms with Crippen LogP contribution < -0.4 is 5.32 Å². The summed E-state index contributed by atoms with van der Waals surface area (Å²) < 4.78 is 2.16. The molecule has 0 bridgehead atoms. The van der Waals surface area contributed by atoms with Crippen molar-refractivity contribution < 1.29 is 9.72 Å². The monoisotopic (exact) mass is 405 g/mol. The van der Waals surface area contributed by atoms with E-state index in [1.807, 2.05) is 25.1 Å². The highest BCUT2D eigenvalue weighted by Crippen LogP contribution is 2.28. The number of amides is 1. The van der Waals surface area contributed by atoms with E-state index in [-0.39, 0.29) is 11.3 Å². The summed E-state index contributed by atoms with van der Waals surface area (Å²) in [6.07, 6.45) is 4.32. The van der Waals surface area contributed by atoms with Crippen molar-refractivity contribution in [1.29, 1.82) is 0 Å². The van der Waals surface area contributed by atoms with Crippen molar-refractivity contribution in [3.05, 3.63) is 69.0 Å². The number of carbonyl (C=O) groups excluding carboxylic acids is 1. The number of fused-ring (bicyclic) bond motifs is 1. The SMILES string of the molecule is Cc1ccc(-c2nnc3n2CCCCC3)cc1NC(=O)c1ccc(C)c([N+](=O)[O-])c1. The topological polar surface area (TPSA) is 103 Å². The van der Waals surface area contributed by atoms with Crippen molar-refractivity contribution in [2.24, 2.45) is 0 Å². The van der Waals surface area contributed by atoms with Crippen LogP contribution in [0.15, 0.2) is 36.4 Å². The van der Waals surface area contributed by atoms with E-state index in [4.69, 9.17) is 0 Å². The van der Waals surface area contributed by atoms with Crippen molar-refractivity contribution in [1.82, 2.24) is 14.8 Å². The predicted molar refractivity (Wildman–Crippen MR) is 114 cm³/mol. The molecule has 0 aliphatic carbocycles. The molecule has 1 aromatic heterocycles. The van der Waals surface area contributed by atoms with Gasteiger partial charge in [0.05, 0.1) is 4.92 Å². The van der Waals surface area contributed by atoms with Crippen molar-refractivity contribution in [3.8, 4) is 11.4 Å². The maximum absolute atomic E-state index is 12.8. The molecule has 4 rings (SSSR count). The van der Waals surface area contributed by atoms with Crippen LogP contribution >= 0.6 is 0 Å². The van der Waals surface area contributed by atoms with Gasteiger partial charge in [-0.2, -0.15) is 0 Å². The van der Waals surface area contributed by atoms with Gasteiger partial charge in [-0.05, 0) is 44.4 Å².